The van der Waals surface area contributed by atoms with E-state index in [1.54, 1.807) is 6.20 Å². The van der Waals surface area contributed by atoms with Crippen molar-refractivity contribution in [3.63, 3.8) is 0 Å². The Bertz CT molecular complexity index is 1150. The van der Waals surface area contributed by atoms with E-state index in [-0.39, 0.29) is 25.7 Å². The minimum atomic E-state index is -3.18. The van der Waals surface area contributed by atoms with Gasteiger partial charge in [0.15, 0.2) is 5.82 Å². The third-order valence-electron chi connectivity index (χ3n) is 6.80. The van der Waals surface area contributed by atoms with Crippen LogP contribution in [0.15, 0.2) is 12.3 Å². The molecule has 3 saturated heterocycles. The number of anilines is 2. The van der Waals surface area contributed by atoms with E-state index < -0.39 is 21.4 Å². The molecule has 0 bridgehead atoms. The Morgan fingerprint density at radius 2 is 1.91 bits per heavy atom. The fourth-order valence-electron chi connectivity index (χ4n) is 4.91. The van der Waals surface area contributed by atoms with Gasteiger partial charge in [0.25, 0.3) is 5.92 Å². The number of hydrogen-bond donors (Lipinski definition) is 2. The zero-order valence-electron chi connectivity index (χ0n) is 18.1. The minimum Gasteiger partial charge on any atom is -0.353 e. The Labute approximate surface area is 185 Å². The highest BCUT2D eigenvalue weighted by atomic mass is 32.2. The largest absolute Gasteiger partial charge is 0.353 e. The first-order chi connectivity index (χ1) is 15.1. The van der Waals surface area contributed by atoms with E-state index in [1.807, 2.05) is 17.9 Å². The van der Waals surface area contributed by atoms with Crippen molar-refractivity contribution in [1.82, 2.24) is 24.6 Å². The summed E-state index contributed by atoms with van der Waals surface area (Å²) >= 11 is 0. The molecule has 0 aliphatic carbocycles. The van der Waals surface area contributed by atoms with Crippen LogP contribution in [0.5, 0.6) is 0 Å². The molecule has 9 nitrogen and oxygen atoms in total. The van der Waals surface area contributed by atoms with Crippen LogP contribution in [0.3, 0.4) is 0 Å². The molecule has 32 heavy (non-hydrogen) atoms. The van der Waals surface area contributed by atoms with Gasteiger partial charge in [0.05, 0.1) is 18.2 Å². The summed E-state index contributed by atoms with van der Waals surface area (Å²) in [5.41, 5.74) is 0.361. The molecule has 5 heterocycles. The average Bonchev–Trinajstić information content (AvgIpc) is 3.01. The van der Waals surface area contributed by atoms with Gasteiger partial charge in [-0.2, -0.15) is 0 Å². The lowest BCUT2D eigenvalue weighted by Gasteiger charge is -2.50. The monoisotopic (exact) mass is 467 g/mol. The molecule has 0 saturated carbocycles. The SMILES string of the molecule is Cc1cc2cnc(NC3CCN(S(C)(=O)=O)CC3)nc2c(N2CC3(CNCC3(F)F)C2)n1. The molecule has 1 spiro atoms. The fourth-order valence-corrected chi connectivity index (χ4v) is 5.78. The second-order valence-corrected chi connectivity index (χ2v) is 11.2. The van der Waals surface area contributed by atoms with E-state index in [2.05, 4.69) is 25.6 Å². The smallest absolute Gasteiger partial charge is 0.270 e. The number of pyridine rings is 1. The summed E-state index contributed by atoms with van der Waals surface area (Å²) in [7, 11) is -3.18. The summed E-state index contributed by atoms with van der Waals surface area (Å²) < 4.78 is 53.6. The highest BCUT2D eigenvalue weighted by Gasteiger charge is 2.63. The maximum Gasteiger partial charge on any atom is 0.270 e. The third-order valence-corrected chi connectivity index (χ3v) is 8.11. The molecule has 0 amide bonds. The van der Waals surface area contributed by atoms with Gasteiger partial charge in [-0.1, -0.05) is 0 Å². The first-order valence-electron chi connectivity index (χ1n) is 10.8. The second-order valence-electron chi connectivity index (χ2n) is 9.24. The lowest BCUT2D eigenvalue weighted by Crippen LogP contribution is -2.65. The van der Waals surface area contributed by atoms with Crippen LogP contribution in [-0.2, 0) is 10.0 Å². The second kappa shape index (κ2) is 7.42. The van der Waals surface area contributed by atoms with E-state index in [0.29, 0.717) is 49.8 Å². The number of alkyl halides is 2. The van der Waals surface area contributed by atoms with Crippen molar-refractivity contribution in [2.45, 2.75) is 31.7 Å². The summed E-state index contributed by atoms with van der Waals surface area (Å²) in [6, 6.07) is 1.94. The van der Waals surface area contributed by atoms with E-state index in [0.717, 1.165) is 11.1 Å². The van der Waals surface area contributed by atoms with Crippen molar-refractivity contribution in [3.05, 3.63) is 18.0 Å². The number of aromatic nitrogens is 3. The summed E-state index contributed by atoms with van der Waals surface area (Å²) in [5, 5.41) is 6.93. The Kier molecular flexibility index (Phi) is 5.02. The predicted molar refractivity (Wildman–Crippen MR) is 118 cm³/mol. The molecule has 0 unspecified atom stereocenters. The van der Waals surface area contributed by atoms with E-state index in [9.17, 15) is 17.2 Å². The number of rotatable bonds is 4. The van der Waals surface area contributed by atoms with Crippen molar-refractivity contribution in [2.24, 2.45) is 5.41 Å². The number of aryl methyl sites for hydroxylation is 1. The van der Waals surface area contributed by atoms with Crippen LogP contribution in [0.2, 0.25) is 0 Å². The number of halogens is 2. The van der Waals surface area contributed by atoms with Crippen LogP contribution >= 0.6 is 0 Å². The molecule has 2 N–H and O–H groups in total. The Morgan fingerprint density at radius 1 is 1.19 bits per heavy atom. The fraction of sp³-hybridized carbons (Fsp3) is 0.650. The average molecular weight is 468 g/mol. The van der Waals surface area contributed by atoms with Gasteiger partial charge in [-0.15, -0.1) is 0 Å². The van der Waals surface area contributed by atoms with E-state index >= 15 is 0 Å². The van der Waals surface area contributed by atoms with Crippen LogP contribution in [-0.4, -0.2) is 85.2 Å². The Morgan fingerprint density at radius 3 is 2.53 bits per heavy atom. The number of fused-ring (bicyclic) bond motifs is 1. The lowest BCUT2D eigenvalue weighted by atomic mass is 9.76. The minimum absolute atomic E-state index is 0.0582. The summed E-state index contributed by atoms with van der Waals surface area (Å²) in [6.07, 6.45) is 4.26. The zero-order chi connectivity index (χ0) is 22.7. The molecule has 174 valence electrons. The van der Waals surface area contributed by atoms with Gasteiger partial charge in [-0.3, -0.25) is 0 Å². The topological polar surface area (TPSA) is 103 Å². The number of sulfonamides is 1. The van der Waals surface area contributed by atoms with Gasteiger partial charge in [0.2, 0.25) is 16.0 Å². The molecule has 5 rings (SSSR count). The van der Waals surface area contributed by atoms with Gasteiger partial charge in [-0.25, -0.2) is 36.5 Å². The third kappa shape index (κ3) is 3.67. The van der Waals surface area contributed by atoms with Crippen LogP contribution < -0.4 is 15.5 Å². The molecule has 3 aliphatic rings. The number of piperidine rings is 1. The first kappa shape index (κ1) is 21.7. The van der Waals surface area contributed by atoms with Crippen LogP contribution in [0.25, 0.3) is 10.9 Å². The van der Waals surface area contributed by atoms with Crippen molar-refractivity contribution < 1.29 is 17.2 Å². The van der Waals surface area contributed by atoms with Crippen LogP contribution in [0, 0.1) is 12.3 Å². The summed E-state index contributed by atoms with van der Waals surface area (Å²) in [6.45, 7) is 3.25. The highest BCUT2D eigenvalue weighted by molar-refractivity contribution is 7.88. The van der Waals surface area contributed by atoms with Crippen molar-refractivity contribution in [2.75, 3.05) is 55.7 Å². The standard InChI is InChI=1S/C20H27F2N7O2S/c1-13-7-14-8-24-18(26-15-3-5-29(6-4-15)32(2,30)31)27-16(14)17(25-13)28-11-19(12-28)9-23-10-20(19,21)22/h7-8,15,23H,3-6,9-12H2,1-2H3,(H,24,26,27). The molecule has 3 fully saturated rings. The number of nitrogens with zero attached hydrogens (tertiary/aromatic N) is 5. The quantitative estimate of drug-likeness (QED) is 0.692. The molecule has 0 aromatic carbocycles. The molecular weight excluding hydrogens is 440 g/mol. The molecule has 2 aromatic heterocycles. The first-order valence-corrected chi connectivity index (χ1v) is 12.6. The summed E-state index contributed by atoms with van der Waals surface area (Å²) in [4.78, 5) is 15.6. The van der Waals surface area contributed by atoms with Gasteiger partial charge in [0.1, 0.15) is 5.52 Å². The van der Waals surface area contributed by atoms with Crippen molar-refractivity contribution >= 4 is 32.7 Å². The highest BCUT2D eigenvalue weighted by Crippen LogP contribution is 2.48. The number of nitrogens with one attached hydrogen (secondary N) is 2. The lowest BCUT2D eigenvalue weighted by molar-refractivity contribution is -0.0963. The van der Waals surface area contributed by atoms with Gasteiger partial charge in [-0.05, 0) is 25.8 Å². The summed E-state index contributed by atoms with van der Waals surface area (Å²) in [5.74, 6) is -1.69. The van der Waals surface area contributed by atoms with Crippen LogP contribution in [0.1, 0.15) is 18.5 Å². The zero-order valence-corrected chi connectivity index (χ0v) is 18.9. The maximum atomic E-state index is 14.4. The van der Waals surface area contributed by atoms with Gasteiger partial charge in [0, 0.05) is 56.0 Å². The van der Waals surface area contributed by atoms with E-state index in [1.165, 1.54) is 10.6 Å². The molecule has 0 atom stereocenters. The van der Waals surface area contributed by atoms with Crippen molar-refractivity contribution in [3.8, 4) is 0 Å². The Balaban J connectivity index is 1.36. The van der Waals surface area contributed by atoms with Crippen molar-refractivity contribution in [1.29, 1.82) is 0 Å². The van der Waals surface area contributed by atoms with Gasteiger partial charge >= 0.3 is 0 Å². The van der Waals surface area contributed by atoms with Crippen LogP contribution in [0.4, 0.5) is 20.5 Å². The normalized spacial score (nSPS) is 23.6. The molecular formula is C20H27F2N7O2S. The molecule has 3 aliphatic heterocycles. The molecule has 12 heteroatoms. The molecule has 2 aromatic rings. The Hall–Kier alpha value is -2.18. The predicted octanol–water partition coefficient (Wildman–Crippen LogP) is 1.21. The maximum absolute atomic E-state index is 14.4. The number of hydrogen-bond acceptors (Lipinski definition) is 8. The molecule has 0 radical (unpaired) electrons. The van der Waals surface area contributed by atoms with E-state index in [4.69, 9.17) is 0 Å². The van der Waals surface area contributed by atoms with Gasteiger partial charge < -0.3 is 15.5 Å².